The Morgan fingerprint density at radius 3 is 2.31 bits per heavy atom. The van der Waals surface area contributed by atoms with Gasteiger partial charge in [-0.1, -0.05) is 35.3 Å². The van der Waals surface area contributed by atoms with Crippen LogP contribution in [0.2, 0.25) is 10.0 Å². The molecule has 1 aromatic carbocycles. The topological polar surface area (TPSA) is 95.1 Å². The zero-order valence-electron chi connectivity index (χ0n) is 19.9. The Kier molecular flexibility index (Phi) is 6.05. The molecule has 11 heteroatoms. The summed E-state index contributed by atoms with van der Waals surface area (Å²) in [6.45, 7) is 4.04. The van der Waals surface area contributed by atoms with E-state index in [1.54, 1.807) is 42.7 Å². The minimum atomic E-state index is -0.541. The van der Waals surface area contributed by atoms with Crippen LogP contribution in [0.25, 0.3) is 11.4 Å². The summed E-state index contributed by atoms with van der Waals surface area (Å²) in [5.41, 5.74) is 2.63. The number of pyridine rings is 1. The van der Waals surface area contributed by atoms with Crippen molar-refractivity contribution in [2.45, 2.75) is 25.9 Å². The van der Waals surface area contributed by atoms with E-state index in [0.717, 1.165) is 5.56 Å². The minimum absolute atomic E-state index is 0.0185. The SMILES string of the molecule is COc1ncc(-c2nc3c(n2C(C)C)C(c2ccc(Cl)cc2)N(c2cc(Cl)c(=O)n(C)c2)C3=O)cn1. The van der Waals surface area contributed by atoms with Gasteiger partial charge in [0.15, 0.2) is 5.69 Å². The van der Waals surface area contributed by atoms with Gasteiger partial charge in [0.2, 0.25) is 0 Å². The molecule has 4 aromatic rings. The number of imidazole rings is 1. The first-order valence-electron chi connectivity index (χ1n) is 11.1. The van der Waals surface area contributed by atoms with Crippen molar-refractivity contribution in [3.8, 4) is 17.4 Å². The lowest BCUT2D eigenvalue weighted by molar-refractivity contribution is 0.0989. The third-order valence-electron chi connectivity index (χ3n) is 6.06. The van der Waals surface area contributed by atoms with Gasteiger partial charge in [-0.15, -0.1) is 0 Å². The lowest BCUT2D eigenvalue weighted by atomic mass is 10.0. The number of aryl methyl sites for hydroxylation is 1. The zero-order valence-corrected chi connectivity index (χ0v) is 21.4. The van der Waals surface area contributed by atoms with E-state index >= 15 is 0 Å². The molecule has 5 rings (SSSR count). The number of methoxy groups -OCH3 is 1. The summed E-state index contributed by atoms with van der Waals surface area (Å²) in [4.78, 5) is 41.0. The molecule has 0 bridgehead atoms. The second-order valence-corrected chi connectivity index (χ2v) is 9.53. The number of nitrogens with zero attached hydrogens (tertiary/aromatic N) is 6. The van der Waals surface area contributed by atoms with Crippen LogP contribution in [-0.4, -0.2) is 37.1 Å². The molecule has 1 aliphatic heterocycles. The molecule has 1 unspecified atom stereocenters. The minimum Gasteiger partial charge on any atom is -0.467 e. The van der Waals surface area contributed by atoms with Crippen molar-refractivity contribution in [2.75, 3.05) is 12.0 Å². The van der Waals surface area contributed by atoms with Gasteiger partial charge < -0.3 is 13.9 Å². The number of anilines is 1. The van der Waals surface area contributed by atoms with Crippen LogP contribution >= 0.6 is 23.2 Å². The number of aromatic nitrogens is 5. The Morgan fingerprint density at radius 1 is 1.06 bits per heavy atom. The van der Waals surface area contributed by atoms with E-state index in [-0.39, 0.29) is 28.5 Å². The van der Waals surface area contributed by atoms with Gasteiger partial charge in [-0.3, -0.25) is 14.5 Å². The van der Waals surface area contributed by atoms with Gasteiger partial charge in [-0.25, -0.2) is 15.0 Å². The highest BCUT2D eigenvalue weighted by Gasteiger charge is 2.45. The third-order valence-corrected chi connectivity index (χ3v) is 6.58. The van der Waals surface area contributed by atoms with E-state index in [9.17, 15) is 9.59 Å². The molecule has 3 aromatic heterocycles. The molecule has 184 valence electrons. The number of ether oxygens (including phenoxy) is 1. The van der Waals surface area contributed by atoms with Crippen LogP contribution in [0.5, 0.6) is 6.01 Å². The first kappa shape index (κ1) is 24.0. The van der Waals surface area contributed by atoms with Crippen LogP contribution in [-0.2, 0) is 7.05 Å². The third kappa shape index (κ3) is 3.84. The van der Waals surface area contributed by atoms with Gasteiger partial charge in [0.25, 0.3) is 11.5 Å². The Labute approximate surface area is 216 Å². The van der Waals surface area contributed by atoms with Gasteiger partial charge in [-0.2, -0.15) is 0 Å². The van der Waals surface area contributed by atoms with Crippen LogP contribution in [0.3, 0.4) is 0 Å². The maximum absolute atomic E-state index is 13.9. The lowest BCUT2D eigenvalue weighted by Gasteiger charge is -2.28. The Bertz CT molecular complexity index is 1500. The van der Waals surface area contributed by atoms with Crippen molar-refractivity contribution in [1.29, 1.82) is 0 Å². The fourth-order valence-corrected chi connectivity index (χ4v) is 4.86. The molecular weight excluding hydrogens is 503 g/mol. The number of hydrogen-bond acceptors (Lipinski definition) is 6. The number of carbonyl (C=O) groups is 1. The molecule has 1 aliphatic rings. The highest BCUT2D eigenvalue weighted by Crippen LogP contribution is 2.44. The molecule has 4 heterocycles. The van der Waals surface area contributed by atoms with Crippen molar-refractivity contribution in [3.63, 3.8) is 0 Å². The Morgan fingerprint density at radius 2 is 1.72 bits per heavy atom. The number of amides is 1. The molecule has 0 fully saturated rings. The van der Waals surface area contributed by atoms with E-state index < -0.39 is 6.04 Å². The lowest BCUT2D eigenvalue weighted by Crippen LogP contribution is -2.32. The average Bonchev–Trinajstić information content (AvgIpc) is 3.38. The van der Waals surface area contributed by atoms with Crippen LogP contribution in [0.15, 0.2) is 53.7 Å². The van der Waals surface area contributed by atoms with Gasteiger partial charge >= 0.3 is 6.01 Å². The summed E-state index contributed by atoms with van der Waals surface area (Å²) in [6.07, 6.45) is 4.84. The zero-order chi connectivity index (χ0) is 25.7. The number of hydrogen-bond donors (Lipinski definition) is 0. The predicted octanol–water partition coefficient (Wildman–Crippen LogP) is 4.68. The summed E-state index contributed by atoms with van der Waals surface area (Å²) in [7, 11) is 3.09. The number of halogens is 2. The van der Waals surface area contributed by atoms with Crippen LogP contribution in [0, 0.1) is 0 Å². The molecule has 0 aliphatic carbocycles. The standard InChI is InChI=1S/C25H22Cl2N6O3/c1-13(2)32-21-19(30-22(32)15-10-28-25(36-4)29-11-15)24(35)33(17-9-18(27)23(34)31(3)12-17)20(21)14-5-7-16(26)8-6-14/h5-13,20H,1-4H3. The summed E-state index contributed by atoms with van der Waals surface area (Å²) in [5.74, 6) is 0.262. The number of rotatable bonds is 5. The fourth-order valence-electron chi connectivity index (χ4n) is 4.49. The van der Waals surface area contributed by atoms with Gasteiger partial charge in [-0.05, 0) is 37.6 Å². The molecule has 1 amide bonds. The summed E-state index contributed by atoms with van der Waals surface area (Å²) >= 11 is 12.4. The van der Waals surface area contributed by atoms with Crippen LogP contribution in [0.4, 0.5) is 5.69 Å². The van der Waals surface area contributed by atoms with Crippen molar-refractivity contribution in [2.24, 2.45) is 7.05 Å². The maximum Gasteiger partial charge on any atom is 0.316 e. The summed E-state index contributed by atoms with van der Waals surface area (Å²) < 4.78 is 8.45. The molecule has 0 saturated carbocycles. The van der Waals surface area contributed by atoms with Crippen molar-refractivity contribution in [3.05, 3.63) is 86.3 Å². The van der Waals surface area contributed by atoms with E-state index in [0.29, 0.717) is 33.5 Å². The number of benzene rings is 1. The Hall–Kier alpha value is -3.69. The largest absolute Gasteiger partial charge is 0.467 e. The highest BCUT2D eigenvalue weighted by molar-refractivity contribution is 6.31. The molecule has 0 saturated heterocycles. The van der Waals surface area contributed by atoms with E-state index in [1.165, 1.54) is 17.7 Å². The molecule has 0 N–H and O–H groups in total. The average molecular weight is 525 g/mol. The van der Waals surface area contributed by atoms with E-state index in [1.807, 2.05) is 30.5 Å². The van der Waals surface area contributed by atoms with E-state index in [2.05, 4.69) is 9.97 Å². The van der Waals surface area contributed by atoms with E-state index in [4.69, 9.17) is 32.9 Å². The second-order valence-electron chi connectivity index (χ2n) is 8.68. The number of fused-ring (bicyclic) bond motifs is 1. The second kappa shape index (κ2) is 9.07. The summed E-state index contributed by atoms with van der Waals surface area (Å²) in [6, 6.07) is 8.46. The van der Waals surface area contributed by atoms with Crippen molar-refractivity contribution < 1.29 is 9.53 Å². The molecule has 0 radical (unpaired) electrons. The van der Waals surface area contributed by atoms with Crippen LogP contribution < -0.4 is 15.2 Å². The molecule has 36 heavy (non-hydrogen) atoms. The van der Waals surface area contributed by atoms with Crippen LogP contribution in [0.1, 0.15) is 47.7 Å². The molecular formula is C25H22Cl2N6O3. The maximum atomic E-state index is 13.9. The first-order chi connectivity index (χ1) is 17.2. The number of carbonyl (C=O) groups excluding carboxylic acids is 1. The highest BCUT2D eigenvalue weighted by atomic mass is 35.5. The monoisotopic (exact) mass is 524 g/mol. The quantitative estimate of drug-likeness (QED) is 0.376. The van der Waals surface area contributed by atoms with Gasteiger partial charge in [0, 0.05) is 36.7 Å². The first-order valence-corrected chi connectivity index (χ1v) is 11.9. The predicted molar refractivity (Wildman–Crippen MR) is 137 cm³/mol. The van der Waals surface area contributed by atoms with Crippen molar-refractivity contribution >= 4 is 34.8 Å². The molecule has 0 spiro atoms. The summed E-state index contributed by atoms with van der Waals surface area (Å²) in [5, 5.41) is 0.596. The molecule has 9 nitrogen and oxygen atoms in total. The molecule has 1 atom stereocenters. The normalized spacial score (nSPS) is 15.0. The van der Waals surface area contributed by atoms with Gasteiger partial charge in [0.05, 0.1) is 24.1 Å². The van der Waals surface area contributed by atoms with Gasteiger partial charge in [0.1, 0.15) is 16.9 Å². The fraction of sp³-hybridized carbons (Fsp3) is 0.240. The smallest absolute Gasteiger partial charge is 0.316 e. The van der Waals surface area contributed by atoms with Crippen molar-refractivity contribution in [1.82, 2.24) is 24.1 Å². The Balaban J connectivity index is 1.76.